The van der Waals surface area contributed by atoms with E-state index in [1.54, 1.807) is 23.1 Å². The molecule has 1 heterocycles. The van der Waals surface area contributed by atoms with Crippen LogP contribution in [0.5, 0.6) is 0 Å². The molecule has 0 saturated heterocycles. The highest BCUT2D eigenvalue weighted by molar-refractivity contribution is 7.99. The summed E-state index contributed by atoms with van der Waals surface area (Å²) in [5.74, 6) is 0. The fourth-order valence-corrected chi connectivity index (χ4v) is 2.82. The van der Waals surface area contributed by atoms with Crippen LogP contribution in [0.1, 0.15) is 10.1 Å². The summed E-state index contributed by atoms with van der Waals surface area (Å²) in [7, 11) is 0. The van der Waals surface area contributed by atoms with E-state index in [4.69, 9.17) is 17.3 Å². The Morgan fingerprint density at radius 3 is 2.82 bits per heavy atom. The standard InChI is InChI=1S/C7H10ClNS2/c1-10-6(4-9)5-2-3-7(8)11-5/h2-3,6H,4,9H2,1H3. The first kappa shape index (κ1) is 9.39. The number of nitrogens with two attached hydrogens (primary N) is 1. The molecule has 0 spiro atoms. The quantitative estimate of drug-likeness (QED) is 0.825. The van der Waals surface area contributed by atoms with Crippen LogP contribution in [0.15, 0.2) is 12.1 Å². The van der Waals surface area contributed by atoms with E-state index in [9.17, 15) is 0 Å². The molecule has 2 N–H and O–H groups in total. The fraction of sp³-hybridized carbons (Fsp3) is 0.429. The third kappa shape index (κ3) is 2.37. The first-order chi connectivity index (χ1) is 5.27. The maximum Gasteiger partial charge on any atom is 0.0931 e. The smallest absolute Gasteiger partial charge is 0.0931 e. The predicted molar refractivity (Wildman–Crippen MR) is 54.6 cm³/mol. The van der Waals surface area contributed by atoms with Crippen LogP contribution in [0.4, 0.5) is 0 Å². The van der Waals surface area contributed by atoms with Gasteiger partial charge in [0.15, 0.2) is 0 Å². The largest absolute Gasteiger partial charge is 0.329 e. The normalized spacial score (nSPS) is 13.4. The van der Waals surface area contributed by atoms with E-state index in [-0.39, 0.29) is 0 Å². The van der Waals surface area contributed by atoms with Gasteiger partial charge in [-0.25, -0.2) is 0 Å². The van der Waals surface area contributed by atoms with E-state index in [0.29, 0.717) is 11.8 Å². The monoisotopic (exact) mass is 207 g/mol. The number of rotatable bonds is 3. The minimum Gasteiger partial charge on any atom is -0.329 e. The van der Waals surface area contributed by atoms with Crippen LogP contribution in [0, 0.1) is 0 Å². The number of thioether (sulfide) groups is 1. The molecule has 1 nitrogen and oxygen atoms in total. The second-order valence-electron chi connectivity index (χ2n) is 2.10. The van der Waals surface area contributed by atoms with Gasteiger partial charge < -0.3 is 5.73 Å². The summed E-state index contributed by atoms with van der Waals surface area (Å²) in [6, 6.07) is 3.96. The van der Waals surface area contributed by atoms with Gasteiger partial charge in [0.1, 0.15) is 0 Å². The molecule has 0 aliphatic carbocycles. The Labute approximate surface area is 79.9 Å². The molecule has 11 heavy (non-hydrogen) atoms. The lowest BCUT2D eigenvalue weighted by Crippen LogP contribution is -2.07. The van der Waals surface area contributed by atoms with Crippen LogP contribution < -0.4 is 5.73 Å². The molecular weight excluding hydrogens is 198 g/mol. The molecule has 0 bridgehead atoms. The van der Waals surface area contributed by atoms with Gasteiger partial charge in [-0.1, -0.05) is 11.6 Å². The summed E-state index contributed by atoms with van der Waals surface area (Å²) in [6.07, 6.45) is 2.06. The molecule has 0 radical (unpaired) electrons. The Hall–Kier alpha value is 0.300. The van der Waals surface area contributed by atoms with Gasteiger partial charge in [-0.05, 0) is 18.4 Å². The highest BCUT2D eigenvalue weighted by Gasteiger charge is 2.09. The van der Waals surface area contributed by atoms with Crippen LogP contribution in [0.25, 0.3) is 0 Å². The molecule has 1 unspecified atom stereocenters. The van der Waals surface area contributed by atoms with Crippen LogP contribution in [0.3, 0.4) is 0 Å². The molecule has 0 aliphatic heterocycles. The van der Waals surface area contributed by atoms with Gasteiger partial charge >= 0.3 is 0 Å². The maximum atomic E-state index is 5.79. The highest BCUT2D eigenvalue weighted by Crippen LogP contribution is 2.33. The Kier molecular flexibility index (Phi) is 3.72. The minimum absolute atomic E-state index is 0.410. The third-order valence-electron chi connectivity index (χ3n) is 1.41. The fourth-order valence-electron chi connectivity index (χ4n) is 0.830. The summed E-state index contributed by atoms with van der Waals surface area (Å²) in [6.45, 7) is 0.679. The van der Waals surface area contributed by atoms with Crippen LogP contribution in [-0.4, -0.2) is 12.8 Å². The molecule has 0 aromatic carbocycles. The molecule has 1 atom stereocenters. The van der Waals surface area contributed by atoms with Gasteiger partial charge in [0, 0.05) is 11.4 Å². The van der Waals surface area contributed by atoms with Crippen LogP contribution in [0.2, 0.25) is 4.34 Å². The number of thiophene rings is 1. The Morgan fingerprint density at radius 1 is 1.73 bits per heavy atom. The van der Waals surface area contributed by atoms with Gasteiger partial charge in [-0.3, -0.25) is 0 Å². The van der Waals surface area contributed by atoms with Gasteiger partial charge in [0.05, 0.1) is 9.59 Å². The number of hydrogen-bond acceptors (Lipinski definition) is 3. The highest BCUT2D eigenvalue weighted by atomic mass is 35.5. The van der Waals surface area contributed by atoms with Gasteiger partial charge in [0.2, 0.25) is 0 Å². The van der Waals surface area contributed by atoms with Gasteiger partial charge in [0.25, 0.3) is 0 Å². The summed E-state index contributed by atoms with van der Waals surface area (Å²) < 4.78 is 0.840. The predicted octanol–water partition coefficient (Wildman–Crippen LogP) is 2.76. The van der Waals surface area contributed by atoms with Crippen molar-refractivity contribution in [2.45, 2.75) is 5.25 Å². The lowest BCUT2D eigenvalue weighted by Gasteiger charge is -2.07. The second-order valence-corrected chi connectivity index (χ2v) is 4.89. The summed E-state index contributed by atoms with van der Waals surface area (Å²) in [5, 5.41) is 0.410. The summed E-state index contributed by atoms with van der Waals surface area (Å²) in [4.78, 5) is 1.27. The molecule has 1 aromatic heterocycles. The van der Waals surface area contributed by atoms with E-state index in [2.05, 4.69) is 6.26 Å². The topological polar surface area (TPSA) is 26.0 Å². The van der Waals surface area contributed by atoms with Crippen molar-refractivity contribution in [2.75, 3.05) is 12.8 Å². The van der Waals surface area contributed by atoms with E-state index in [1.165, 1.54) is 4.88 Å². The lowest BCUT2D eigenvalue weighted by atomic mass is 10.3. The first-order valence-electron chi connectivity index (χ1n) is 3.26. The molecule has 62 valence electrons. The van der Waals surface area contributed by atoms with Crippen LogP contribution in [-0.2, 0) is 0 Å². The lowest BCUT2D eigenvalue weighted by molar-refractivity contribution is 0.964. The van der Waals surface area contributed by atoms with Crippen molar-refractivity contribution in [1.29, 1.82) is 0 Å². The molecule has 0 aliphatic rings. The third-order valence-corrected chi connectivity index (χ3v) is 3.92. The molecule has 0 amide bonds. The molecular formula is C7H10ClNS2. The average Bonchev–Trinajstić information content (AvgIpc) is 2.39. The Bertz CT molecular complexity index is 220. The second kappa shape index (κ2) is 4.36. The Balaban J connectivity index is 2.73. The van der Waals surface area contributed by atoms with Crippen LogP contribution >= 0.6 is 34.7 Å². The van der Waals surface area contributed by atoms with E-state index < -0.39 is 0 Å². The Morgan fingerprint density at radius 2 is 2.45 bits per heavy atom. The molecule has 1 rings (SSSR count). The zero-order valence-electron chi connectivity index (χ0n) is 6.21. The number of hydrogen-bond donors (Lipinski definition) is 1. The van der Waals surface area contributed by atoms with Gasteiger partial charge in [-0.2, -0.15) is 11.8 Å². The first-order valence-corrected chi connectivity index (χ1v) is 5.74. The average molecular weight is 208 g/mol. The van der Waals surface area contributed by atoms with Crippen molar-refractivity contribution < 1.29 is 0 Å². The van der Waals surface area contributed by atoms with Crippen molar-refractivity contribution in [3.8, 4) is 0 Å². The van der Waals surface area contributed by atoms with Gasteiger partial charge in [-0.15, -0.1) is 11.3 Å². The zero-order chi connectivity index (χ0) is 8.27. The zero-order valence-corrected chi connectivity index (χ0v) is 8.60. The van der Waals surface area contributed by atoms with Crippen molar-refractivity contribution in [2.24, 2.45) is 5.73 Å². The van der Waals surface area contributed by atoms with E-state index >= 15 is 0 Å². The SMILES string of the molecule is CSC(CN)c1ccc(Cl)s1. The van der Waals surface area contributed by atoms with E-state index in [1.807, 2.05) is 12.1 Å². The maximum absolute atomic E-state index is 5.79. The van der Waals surface area contributed by atoms with Crippen molar-refractivity contribution >= 4 is 34.7 Å². The molecule has 0 fully saturated rings. The molecule has 1 aromatic rings. The van der Waals surface area contributed by atoms with Crippen molar-refractivity contribution in [3.63, 3.8) is 0 Å². The van der Waals surface area contributed by atoms with E-state index in [0.717, 1.165) is 4.34 Å². The summed E-state index contributed by atoms with van der Waals surface area (Å²) in [5.41, 5.74) is 5.57. The number of halogens is 1. The molecule has 4 heteroatoms. The summed E-state index contributed by atoms with van der Waals surface area (Å²) >= 11 is 9.16. The van der Waals surface area contributed by atoms with Crippen molar-refractivity contribution in [3.05, 3.63) is 21.3 Å². The minimum atomic E-state index is 0.410. The molecule has 0 saturated carbocycles. The van der Waals surface area contributed by atoms with Crippen molar-refractivity contribution in [1.82, 2.24) is 0 Å².